The predicted molar refractivity (Wildman–Crippen MR) is 83.6 cm³/mol. The van der Waals surface area contributed by atoms with Gasteiger partial charge in [0.05, 0.1) is 6.04 Å². The number of ketones is 1. The van der Waals surface area contributed by atoms with E-state index in [2.05, 4.69) is 9.05 Å². The van der Waals surface area contributed by atoms with Gasteiger partial charge < -0.3 is 14.2 Å². The molecule has 0 spiro atoms. The summed E-state index contributed by atoms with van der Waals surface area (Å²) in [7, 11) is -1.75. The molecule has 0 bridgehead atoms. The molecular formula is C15H16F4NO6P. The zero-order chi connectivity index (χ0) is 20.5. The number of carbonyl (C=O) groups is 2. The number of rotatable bonds is 6. The van der Waals surface area contributed by atoms with Gasteiger partial charge in [0.2, 0.25) is 0 Å². The molecule has 1 fully saturated rings. The van der Waals surface area contributed by atoms with Crippen LogP contribution in [0.3, 0.4) is 0 Å². The monoisotopic (exact) mass is 413 g/mol. The first-order valence-corrected chi connectivity index (χ1v) is 9.33. The van der Waals surface area contributed by atoms with Crippen molar-refractivity contribution in [3.63, 3.8) is 0 Å². The molecule has 0 saturated carbocycles. The first kappa shape index (κ1) is 21.3. The van der Waals surface area contributed by atoms with Crippen LogP contribution >= 0.6 is 7.60 Å². The quantitative estimate of drug-likeness (QED) is 0.438. The van der Waals surface area contributed by atoms with E-state index in [9.17, 15) is 36.8 Å². The first-order valence-electron chi connectivity index (χ1n) is 7.60. The fourth-order valence-electron chi connectivity index (χ4n) is 3.01. The molecule has 1 saturated heterocycles. The van der Waals surface area contributed by atoms with E-state index in [1.165, 1.54) is 0 Å². The zero-order valence-corrected chi connectivity index (χ0v) is 15.1. The molecule has 7 nitrogen and oxygen atoms in total. The van der Waals surface area contributed by atoms with Crippen LogP contribution in [0.2, 0.25) is 0 Å². The van der Waals surface area contributed by atoms with Crippen LogP contribution in [0.5, 0.6) is 0 Å². The minimum atomic E-state index is -3.81. The summed E-state index contributed by atoms with van der Waals surface area (Å²) in [5.41, 5.74) is -0.976. The molecule has 1 amide bonds. The Bertz CT molecular complexity index is 786. The van der Waals surface area contributed by atoms with Crippen LogP contribution in [-0.4, -0.2) is 54.9 Å². The Morgan fingerprint density at radius 3 is 2.15 bits per heavy atom. The van der Waals surface area contributed by atoms with Crippen molar-refractivity contribution in [2.75, 3.05) is 26.9 Å². The lowest BCUT2D eigenvalue weighted by Crippen LogP contribution is -2.41. The summed E-state index contributed by atoms with van der Waals surface area (Å²) in [4.78, 5) is 24.4. The number of hydrogen-bond acceptors (Lipinski definition) is 5. The van der Waals surface area contributed by atoms with Crippen molar-refractivity contribution in [1.29, 1.82) is 0 Å². The molecular weight excluding hydrogens is 397 g/mol. The van der Waals surface area contributed by atoms with Gasteiger partial charge in [-0.1, -0.05) is 0 Å². The van der Waals surface area contributed by atoms with Gasteiger partial charge in [0.15, 0.2) is 29.1 Å². The summed E-state index contributed by atoms with van der Waals surface area (Å²) in [6.45, 7) is -0.577. The summed E-state index contributed by atoms with van der Waals surface area (Å²) in [6, 6.07) is -1.40. The van der Waals surface area contributed by atoms with Gasteiger partial charge in [-0.15, -0.1) is 0 Å². The Morgan fingerprint density at radius 2 is 1.70 bits per heavy atom. The van der Waals surface area contributed by atoms with Crippen LogP contribution in [-0.2, 0) is 18.4 Å². The number of Topliss-reactive ketones (excluding diaryl/α,β-unsaturated/α-hetero) is 1. The standard InChI is InChI=1S/C15H16F4NO6P/c1-25-27(24,26-2)6-11(21)10-3-7(5-20(10)15(22)23)12-13(18)8(16)4-9(17)14(12)19/h4,7,10H,3,5-6H2,1-2H3,(H,22,23). The fraction of sp³-hybridized carbons (Fsp3) is 0.467. The zero-order valence-electron chi connectivity index (χ0n) is 14.2. The molecule has 0 aromatic heterocycles. The highest BCUT2D eigenvalue weighted by Crippen LogP contribution is 2.47. The maximum absolute atomic E-state index is 14.0. The van der Waals surface area contributed by atoms with Gasteiger partial charge >= 0.3 is 13.7 Å². The lowest BCUT2D eigenvalue weighted by Gasteiger charge is -2.21. The molecule has 1 N–H and O–H groups in total. The molecule has 2 rings (SSSR count). The van der Waals surface area contributed by atoms with Crippen LogP contribution in [0.4, 0.5) is 22.4 Å². The average Bonchev–Trinajstić information content (AvgIpc) is 3.05. The summed E-state index contributed by atoms with van der Waals surface area (Å²) in [5.74, 6) is -8.77. The van der Waals surface area contributed by atoms with E-state index in [-0.39, 0.29) is 6.07 Å². The van der Waals surface area contributed by atoms with Gasteiger partial charge in [0.25, 0.3) is 0 Å². The van der Waals surface area contributed by atoms with Crippen molar-refractivity contribution in [1.82, 2.24) is 4.90 Å². The Labute approximate surface area is 151 Å². The molecule has 12 heteroatoms. The normalized spacial score (nSPS) is 20.1. The number of hydrogen-bond donors (Lipinski definition) is 1. The third-order valence-corrected chi connectivity index (χ3v) is 6.19. The van der Waals surface area contributed by atoms with Gasteiger partial charge in [-0.25, -0.2) is 22.4 Å². The summed E-state index contributed by atoms with van der Waals surface area (Å²) >= 11 is 0. The van der Waals surface area contributed by atoms with Gasteiger partial charge in [0, 0.05) is 38.3 Å². The Kier molecular flexibility index (Phi) is 6.28. The Morgan fingerprint density at radius 1 is 1.19 bits per heavy atom. The van der Waals surface area contributed by atoms with Crippen LogP contribution in [0, 0.1) is 23.3 Å². The van der Waals surface area contributed by atoms with Crippen LogP contribution in [0.25, 0.3) is 0 Å². The molecule has 27 heavy (non-hydrogen) atoms. The smallest absolute Gasteiger partial charge is 0.407 e. The topological polar surface area (TPSA) is 93.1 Å². The highest BCUT2D eigenvalue weighted by molar-refractivity contribution is 7.54. The highest BCUT2D eigenvalue weighted by Gasteiger charge is 2.44. The van der Waals surface area contributed by atoms with Crippen LogP contribution in [0.15, 0.2) is 6.07 Å². The Balaban J connectivity index is 2.37. The van der Waals surface area contributed by atoms with E-state index < -0.39 is 79.4 Å². The van der Waals surface area contributed by atoms with Crippen LogP contribution in [0.1, 0.15) is 17.9 Å². The molecule has 1 aliphatic rings. The lowest BCUT2D eigenvalue weighted by molar-refractivity contribution is -0.120. The predicted octanol–water partition coefficient (Wildman–Crippen LogP) is 3.13. The SMILES string of the molecule is COP(=O)(CC(=O)C1CC(c2c(F)c(F)cc(F)c2F)CN1C(=O)O)OC. The van der Waals surface area contributed by atoms with E-state index in [1.807, 2.05) is 0 Å². The van der Waals surface area contributed by atoms with Gasteiger partial charge in [-0.05, 0) is 6.42 Å². The number of carbonyl (C=O) groups excluding carboxylic acids is 1. The van der Waals surface area contributed by atoms with Crippen molar-refractivity contribution in [3.8, 4) is 0 Å². The number of nitrogens with zero attached hydrogens (tertiary/aromatic N) is 1. The van der Waals surface area contributed by atoms with E-state index in [4.69, 9.17) is 0 Å². The van der Waals surface area contributed by atoms with Gasteiger partial charge in [-0.2, -0.15) is 0 Å². The van der Waals surface area contributed by atoms with E-state index in [1.54, 1.807) is 0 Å². The van der Waals surface area contributed by atoms with Crippen molar-refractivity contribution in [2.24, 2.45) is 0 Å². The average molecular weight is 413 g/mol. The third kappa shape index (κ3) is 4.15. The highest BCUT2D eigenvalue weighted by atomic mass is 31.2. The molecule has 1 aromatic rings. The second kappa shape index (κ2) is 7.95. The molecule has 0 radical (unpaired) electrons. The summed E-state index contributed by atoms with van der Waals surface area (Å²) in [5, 5.41) is 9.26. The van der Waals surface area contributed by atoms with E-state index in [0.29, 0.717) is 4.90 Å². The van der Waals surface area contributed by atoms with Gasteiger partial charge in [-0.3, -0.25) is 14.3 Å². The molecule has 2 atom stereocenters. The fourth-order valence-corrected chi connectivity index (χ4v) is 4.01. The maximum atomic E-state index is 14.0. The molecule has 1 heterocycles. The van der Waals surface area contributed by atoms with Gasteiger partial charge in [0.1, 0.15) is 6.16 Å². The number of halogens is 4. The number of likely N-dealkylation sites (tertiary alicyclic amines) is 1. The minimum absolute atomic E-state index is 0.0359. The number of carboxylic acid groups (broad SMARTS) is 1. The first-order chi connectivity index (χ1) is 12.5. The van der Waals surface area contributed by atoms with E-state index in [0.717, 1.165) is 14.2 Å². The second-order valence-corrected chi connectivity index (χ2v) is 8.13. The molecule has 1 aliphatic heterocycles. The van der Waals surface area contributed by atoms with Crippen molar-refractivity contribution in [3.05, 3.63) is 34.9 Å². The molecule has 0 aliphatic carbocycles. The van der Waals surface area contributed by atoms with Crippen molar-refractivity contribution < 1.29 is 45.9 Å². The number of amides is 1. The second-order valence-electron chi connectivity index (χ2n) is 5.87. The minimum Gasteiger partial charge on any atom is -0.465 e. The van der Waals surface area contributed by atoms with Crippen LogP contribution < -0.4 is 0 Å². The molecule has 2 unspecified atom stereocenters. The largest absolute Gasteiger partial charge is 0.465 e. The Hall–Kier alpha value is -1.97. The van der Waals surface area contributed by atoms with Crippen molar-refractivity contribution in [2.45, 2.75) is 18.4 Å². The van der Waals surface area contributed by atoms with Crippen molar-refractivity contribution >= 4 is 19.5 Å². The number of benzene rings is 1. The maximum Gasteiger partial charge on any atom is 0.407 e. The third-order valence-electron chi connectivity index (χ3n) is 4.38. The lowest BCUT2D eigenvalue weighted by atomic mass is 9.94. The summed E-state index contributed by atoms with van der Waals surface area (Å²) in [6.07, 6.45) is -2.81. The molecule has 150 valence electrons. The molecule has 1 aromatic carbocycles. The summed E-state index contributed by atoms with van der Waals surface area (Å²) < 4.78 is 76.3. The van der Waals surface area contributed by atoms with E-state index >= 15 is 0 Å².